The number of hydrogen-bond donors (Lipinski definition) is 0. The van der Waals surface area contributed by atoms with Gasteiger partial charge in [0.05, 0.1) is 18.4 Å². The summed E-state index contributed by atoms with van der Waals surface area (Å²) in [5.74, 6) is -0.709. The lowest BCUT2D eigenvalue weighted by atomic mass is 10.2. The van der Waals surface area contributed by atoms with Crippen molar-refractivity contribution in [3.05, 3.63) is 84.7 Å². The summed E-state index contributed by atoms with van der Waals surface area (Å²) in [7, 11) is -2.85. The molecule has 0 atom stereocenters. The number of aromatic nitrogens is 1. The van der Waals surface area contributed by atoms with Crippen LogP contribution in [0.2, 0.25) is 0 Å². The number of carbonyl (C=O) groups excluding carboxylic acids is 1. The molecule has 0 fully saturated rings. The summed E-state index contributed by atoms with van der Waals surface area (Å²) in [6.45, 7) is 0. The molecule has 0 spiro atoms. The number of rotatable bonds is 5. The van der Waals surface area contributed by atoms with Crippen LogP contribution in [0, 0.1) is 0 Å². The summed E-state index contributed by atoms with van der Waals surface area (Å²) in [5, 5.41) is 0. The van der Waals surface area contributed by atoms with Gasteiger partial charge in [0, 0.05) is 12.4 Å². The lowest BCUT2D eigenvalue weighted by molar-refractivity contribution is 0.0596. The van der Waals surface area contributed by atoms with Gasteiger partial charge in [0.25, 0.3) is 10.0 Å². The highest BCUT2D eigenvalue weighted by molar-refractivity contribution is 7.92. The van der Waals surface area contributed by atoms with Gasteiger partial charge >= 0.3 is 5.97 Å². The molecule has 0 saturated carbocycles. The van der Waals surface area contributed by atoms with Crippen molar-refractivity contribution < 1.29 is 17.9 Å². The van der Waals surface area contributed by atoms with E-state index >= 15 is 0 Å². The Hall–Kier alpha value is -3.06. The van der Waals surface area contributed by atoms with Gasteiger partial charge in [0.15, 0.2) is 0 Å². The fraction of sp³-hybridized carbons (Fsp3) is 0.0556. The van der Waals surface area contributed by atoms with Crippen molar-refractivity contribution in [2.75, 3.05) is 11.5 Å². The molecule has 3 aromatic rings. The summed E-state index contributed by atoms with van der Waals surface area (Å²) >= 11 is 0. The number of carbonyl (C=O) groups is 1. The molecular weight excluding hydrogens is 340 g/mol. The highest BCUT2D eigenvalue weighted by Gasteiger charge is 2.30. The van der Waals surface area contributed by atoms with Crippen LogP contribution in [0.4, 0.5) is 5.69 Å². The van der Waals surface area contributed by atoms with E-state index in [0.29, 0.717) is 5.69 Å². The molecule has 0 aliphatic heterocycles. The van der Waals surface area contributed by atoms with Gasteiger partial charge in [-0.05, 0) is 36.4 Å². The lowest BCUT2D eigenvalue weighted by Crippen LogP contribution is -2.36. The van der Waals surface area contributed by atoms with Gasteiger partial charge < -0.3 is 4.74 Å². The van der Waals surface area contributed by atoms with Crippen LogP contribution < -0.4 is 4.41 Å². The predicted molar refractivity (Wildman–Crippen MR) is 93.7 cm³/mol. The molecule has 1 aromatic heterocycles. The zero-order chi connectivity index (χ0) is 17.9. The molecule has 6 nitrogen and oxygen atoms in total. The largest absolute Gasteiger partial charge is 0.465 e. The van der Waals surface area contributed by atoms with Crippen molar-refractivity contribution in [3.63, 3.8) is 0 Å². The zero-order valence-corrected chi connectivity index (χ0v) is 14.3. The van der Waals surface area contributed by atoms with Crippen molar-refractivity contribution in [3.8, 4) is 0 Å². The van der Waals surface area contributed by atoms with Gasteiger partial charge in [-0.25, -0.2) is 4.79 Å². The highest BCUT2D eigenvalue weighted by Crippen LogP contribution is 2.27. The van der Waals surface area contributed by atoms with Crippen LogP contribution in [0.15, 0.2) is 84.0 Å². The number of anilines is 1. The van der Waals surface area contributed by atoms with E-state index in [9.17, 15) is 13.2 Å². The minimum absolute atomic E-state index is 0.0157. The third kappa shape index (κ3) is 3.14. The first kappa shape index (κ1) is 16.8. The van der Waals surface area contributed by atoms with E-state index in [-0.39, 0.29) is 10.5 Å². The molecule has 0 aliphatic rings. The first-order valence-corrected chi connectivity index (χ1v) is 8.90. The zero-order valence-electron chi connectivity index (χ0n) is 13.4. The van der Waals surface area contributed by atoms with Crippen molar-refractivity contribution in [1.82, 2.24) is 4.68 Å². The molecule has 0 aliphatic carbocycles. The van der Waals surface area contributed by atoms with E-state index in [2.05, 4.69) is 0 Å². The van der Waals surface area contributed by atoms with E-state index in [1.54, 1.807) is 67.0 Å². The molecule has 3 rings (SSSR count). The quantitative estimate of drug-likeness (QED) is 0.659. The second-order valence-electron chi connectivity index (χ2n) is 5.13. The minimum atomic E-state index is -4.07. The predicted octanol–water partition coefficient (Wildman–Crippen LogP) is 2.93. The Kier molecular flexibility index (Phi) is 4.58. The number of para-hydroxylation sites is 1. The summed E-state index contributed by atoms with van der Waals surface area (Å²) < 4.78 is 34.0. The number of nitrogens with zero attached hydrogens (tertiary/aromatic N) is 2. The third-order valence-corrected chi connectivity index (χ3v) is 5.34. The second kappa shape index (κ2) is 6.82. The van der Waals surface area contributed by atoms with E-state index in [4.69, 9.17) is 4.74 Å². The smallest absolute Gasteiger partial charge is 0.339 e. The van der Waals surface area contributed by atoms with Crippen molar-refractivity contribution >= 4 is 21.7 Å². The van der Waals surface area contributed by atoms with Gasteiger partial charge in [-0.15, -0.1) is 0 Å². The van der Waals surface area contributed by atoms with Gasteiger partial charge in [-0.3, -0.25) is 4.68 Å². The van der Waals surface area contributed by atoms with Crippen molar-refractivity contribution in [2.45, 2.75) is 4.90 Å². The maximum atomic E-state index is 13.4. The summed E-state index contributed by atoms with van der Waals surface area (Å²) in [6, 6.07) is 18.1. The normalized spacial score (nSPS) is 11.1. The molecule has 7 heteroatoms. The third-order valence-electron chi connectivity index (χ3n) is 3.57. The Morgan fingerprint density at radius 3 is 2.16 bits per heavy atom. The van der Waals surface area contributed by atoms with Gasteiger partial charge in [0.1, 0.15) is 4.90 Å². The van der Waals surface area contributed by atoms with Crippen LogP contribution in [0.3, 0.4) is 0 Å². The molecule has 128 valence electrons. The maximum Gasteiger partial charge on any atom is 0.339 e. The molecule has 1 heterocycles. The van der Waals surface area contributed by atoms with Crippen LogP contribution in [0.5, 0.6) is 0 Å². The molecule has 0 unspecified atom stereocenters. The second-order valence-corrected chi connectivity index (χ2v) is 6.87. The molecule has 2 aromatic carbocycles. The van der Waals surface area contributed by atoms with Crippen molar-refractivity contribution in [2.24, 2.45) is 0 Å². The molecule has 25 heavy (non-hydrogen) atoms. The van der Waals surface area contributed by atoms with Gasteiger partial charge in [0.2, 0.25) is 0 Å². The fourth-order valence-corrected chi connectivity index (χ4v) is 4.08. The summed E-state index contributed by atoms with van der Waals surface area (Å²) in [5.41, 5.74) is 0.427. The van der Waals surface area contributed by atoms with E-state index in [1.165, 1.54) is 23.9 Å². The van der Waals surface area contributed by atoms with Gasteiger partial charge in [-0.1, -0.05) is 30.3 Å². The van der Waals surface area contributed by atoms with Crippen LogP contribution in [0.1, 0.15) is 10.4 Å². The Morgan fingerprint density at radius 1 is 0.920 bits per heavy atom. The van der Waals surface area contributed by atoms with Crippen LogP contribution >= 0.6 is 0 Å². The lowest BCUT2D eigenvalue weighted by Gasteiger charge is -2.26. The van der Waals surface area contributed by atoms with Crippen LogP contribution in [-0.4, -0.2) is 26.2 Å². The maximum absolute atomic E-state index is 13.4. The molecule has 0 bridgehead atoms. The van der Waals surface area contributed by atoms with Crippen LogP contribution in [-0.2, 0) is 14.8 Å². The van der Waals surface area contributed by atoms with E-state index in [1.807, 2.05) is 0 Å². The van der Waals surface area contributed by atoms with E-state index in [0.717, 1.165) is 4.41 Å². The first-order chi connectivity index (χ1) is 12.1. The average molecular weight is 356 g/mol. The SMILES string of the molecule is COC(=O)c1ccccc1S(=O)(=O)N(c1ccccc1)n1cccc1. The number of hydrogen-bond acceptors (Lipinski definition) is 4. The van der Waals surface area contributed by atoms with E-state index < -0.39 is 16.0 Å². The number of sulfonamides is 1. The summed E-state index contributed by atoms with van der Waals surface area (Å²) in [6.07, 6.45) is 3.23. The monoisotopic (exact) mass is 356 g/mol. The fourth-order valence-electron chi connectivity index (χ4n) is 2.46. The van der Waals surface area contributed by atoms with Crippen LogP contribution in [0.25, 0.3) is 0 Å². The number of benzene rings is 2. The van der Waals surface area contributed by atoms with Crippen molar-refractivity contribution in [1.29, 1.82) is 0 Å². The molecule has 0 N–H and O–H groups in total. The Labute approximate surface area is 145 Å². The molecule has 0 radical (unpaired) electrons. The molecular formula is C18H16N2O4S. The minimum Gasteiger partial charge on any atom is -0.465 e. The topological polar surface area (TPSA) is 68.6 Å². The Bertz CT molecular complexity index is 967. The molecule has 0 amide bonds. The average Bonchev–Trinajstić information content (AvgIpc) is 3.16. The van der Waals surface area contributed by atoms with Gasteiger partial charge in [-0.2, -0.15) is 12.8 Å². The highest BCUT2D eigenvalue weighted by atomic mass is 32.2. The number of ether oxygens (including phenoxy) is 1. The number of esters is 1. The Balaban J connectivity index is 2.22. The Morgan fingerprint density at radius 2 is 1.52 bits per heavy atom. The standard InChI is InChI=1S/C18H16N2O4S/c1-24-18(21)16-11-5-6-12-17(16)25(22,23)20(19-13-7-8-14-19)15-9-3-2-4-10-15/h2-14H,1H3. The molecule has 0 saturated heterocycles. The summed E-state index contributed by atoms with van der Waals surface area (Å²) in [4.78, 5) is 11.9. The number of methoxy groups -OCH3 is 1. The first-order valence-electron chi connectivity index (χ1n) is 7.46.